The zero-order valence-corrected chi connectivity index (χ0v) is 9.71. The third-order valence-corrected chi connectivity index (χ3v) is 1.39. The van der Waals surface area contributed by atoms with E-state index in [1.165, 1.54) is 6.92 Å². The Bertz CT molecular complexity index is 310. The van der Waals surface area contributed by atoms with E-state index in [2.05, 4.69) is 4.74 Å². The average Bonchev–Trinajstić information content (AvgIpc) is 1.82. The molecule has 4 nitrogen and oxygen atoms in total. The van der Waals surface area contributed by atoms with Crippen LogP contribution < -0.4 is 34.7 Å². The summed E-state index contributed by atoms with van der Waals surface area (Å²) in [5.41, 5.74) is -0.402. The first kappa shape index (κ1) is 12.4. The molecule has 0 saturated heterocycles. The van der Waals surface area contributed by atoms with Crippen LogP contribution in [0.4, 0.5) is 0 Å². The summed E-state index contributed by atoms with van der Waals surface area (Å²) in [7, 11) is 0. The summed E-state index contributed by atoms with van der Waals surface area (Å²) in [5, 5.41) is 10.7. The number of ether oxygens (including phenoxy) is 1. The Morgan fingerprint density at radius 3 is 2.38 bits per heavy atom. The van der Waals surface area contributed by atoms with Gasteiger partial charge in [-0.15, -0.1) is 5.76 Å². The second-order valence-electron chi connectivity index (χ2n) is 2.44. The van der Waals surface area contributed by atoms with Crippen molar-refractivity contribution in [1.82, 2.24) is 0 Å². The van der Waals surface area contributed by atoms with Crippen molar-refractivity contribution in [2.75, 3.05) is 0 Å². The minimum atomic E-state index is -0.854. The molecule has 13 heavy (non-hydrogen) atoms. The van der Waals surface area contributed by atoms with Gasteiger partial charge in [-0.1, -0.05) is 6.92 Å². The predicted octanol–water partition coefficient (Wildman–Crippen LogP) is -3.35. The van der Waals surface area contributed by atoms with Gasteiger partial charge in [0, 0.05) is 6.08 Å². The topological polar surface area (TPSA) is 66.4 Å². The second-order valence-corrected chi connectivity index (χ2v) is 2.44. The van der Waals surface area contributed by atoms with Crippen LogP contribution in [0.5, 0.6) is 0 Å². The van der Waals surface area contributed by atoms with Crippen LogP contribution in [0.3, 0.4) is 0 Å². The number of carbonyl (C=O) groups is 2. The molecule has 0 N–H and O–H groups in total. The molecule has 0 aliphatic carbocycles. The minimum absolute atomic E-state index is 0. The Morgan fingerprint density at radius 1 is 1.46 bits per heavy atom. The number of ketones is 1. The van der Waals surface area contributed by atoms with E-state index in [0.717, 1.165) is 13.0 Å². The number of hydrogen-bond donors (Lipinski definition) is 0. The van der Waals surface area contributed by atoms with E-state index in [4.69, 9.17) is 0 Å². The monoisotopic (exact) mass is 190 g/mol. The summed E-state index contributed by atoms with van der Waals surface area (Å²) in [6.07, 6.45) is 1.12. The molecule has 0 spiro atoms. The van der Waals surface area contributed by atoms with E-state index in [-0.39, 0.29) is 35.3 Å². The molecule has 0 bridgehead atoms. The van der Waals surface area contributed by atoms with E-state index < -0.39 is 23.1 Å². The van der Waals surface area contributed by atoms with Crippen LogP contribution in [0.2, 0.25) is 0 Å². The standard InChI is InChI=1S/C8H8O4.Na/c1-4-3-6(10)7(5(2)9)8(11)12-4;/h3,9H,1-2H3;/q;+1/p-1/b7-5+;. The maximum absolute atomic E-state index is 11.0. The van der Waals surface area contributed by atoms with Gasteiger partial charge in [-0.05, 0) is 6.92 Å². The second kappa shape index (κ2) is 4.60. The normalized spacial score (nSPS) is 20.0. The molecule has 0 unspecified atom stereocenters. The number of cyclic esters (lactones) is 1. The first-order valence-electron chi connectivity index (χ1n) is 3.35. The van der Waals surface area contributed by atoms with E-state index in [9.17, 15) is 14.7 Å². The van der Waals surface area contributed by atoms with E-state index in [1.807, 2.05) is 0 Å². The number of rotatable bonds is 0. The van der Waals surface area contributed by atoms with Crippen molar-refractivity contribution in [3.63, 3.8) is 0 Å². The maximum atomic E-state index is 11.0. The van der Waals surface area contributed by atoms with Crippen molar-refractivity contribution in [3.8, 4) is 0 Å². The third-order valence-electron chi connectivity index (χ3n) is 1.39. The molecule has 0 radical (unpaired) electrons. The van der Waals surface area contributed by atoms with Crippen LogP contribution in [-0.2, 0) is 14.3 Å². The molecule has 1 aliphatic rings. The van der Waals surface area contributed by atoms with Crippen LogP contribution in [0.1, 0.15) is 13.8 Å². The summed E-state index contributed by atoms with van der Waals surface area (Å²) in [5.74, 6) is -1.77. The van der Waals surface area contributed by atoms with Crippen LogP contribution in [-0.4, -0.2) is 11.8 Å². The molecule has 0 aromatic heterocycles. The molecule has 1 aliphatic heterocycles. The van der Waals surface area contributed by atoms with E-state index in [1.54, 1.807) is 0 Å². The van der Waals surface area contributed by atoms with Crippen molar-refractivity contribution in [2.24, 2.45) is 0 Å². The van der Waals surface area contributed by atoms with Crippen molar-refractivity contribution < 1.29 is 49.0 Å². The molecule has 0 saturated carbocycles. The number of esters is 1. The van der Waals surface area contributed by atoms with Crippen LogP contribution in [0.25, 0.3) is 0 Å². The Labute approximate surface area is 97.6 Å². The van der Waals surface area contributed by atoms with E-state index in [0.29, 0.717) is 0 Å². The number of hydrogen-bond acceptors (Lipinski definition) is 4. The molecule has 0 amide bonds. The van der Waals surface area contributed by atoms with Gasteiger partial charge in [-0.25, -0.2) is 4.79 Å². The Hall–Kier alpha value is -0.580. The smallest absolute Gasteiger partial charge is 0.875 e. The summed E-state index contributed by atoms with van der Waals surface area (Å²) < 4.78 is 4.57. The van der Waals surface area contributed by atoms with Gasteiger partial charge < -0.3 is 9.84 Å². The molecule has 1 heterocycles. The average molecular weight is 190 g/mol. The summed E-state index contributed by atoms with van der Waals surface area (Å²) >= 11 is 0. The molecule has 0 fully saturated rings. The fourth-order valence-electron chi connectivity index (χ4n) is 0.901. The first-order valence-corrected chi connectivity index (χ1v) is 3.35. The Kier molecular flexibility index (Phi) is 4.39. The maximum Gasteiger partial charge on any atom is 1.00 e. The molecular weight excluding hydrogens is 183 g/mol. The summed E-state index contributed by atoms with van der Waals surface area (Å²) in [6.45, 7) is 2.63. The van der Waals surface area contributed by atoms with Crippen LogP contribution in [0.15, 0.2) is 23.2 Å². The zero-order chi connectivity index (χ0) is 9.30. The largest absolute Gasteiger partial charge is 1.00 e. The molecule has 5 heteroatoms. The molecular formula is C8H7NaO4. The van der Waals surface area contributed by atoms with Crippen molar-refractivity contribution in [3.05, 3.63) is 23.2 Å². The third kappa shape index (κ3) is 2.69. The molecule has 0 aromatic rings. The quantitative estimate of drug-likeness (QED) is 0.132. The zero-order valence-electron chi connectivity index (χ0n) is 7.71. The number of carbonyl (C=O) groups excluding carboxylic acids is 2. The summed E-state index contributed by atoms with van der Waals surface area (Å²) in [6, 6.07) is 0. The van der Waals surface area contributed by atoms with Gasteiger partial charge in [0.05, 0.1) is 5.57 Å². The van der Waals surface area contributed by atoms with Gasteiger partial charge in [0.1, 0.15) is 5.76 Å². The number of allylic oxidation sites excluding steroid dienone is 3. The fraction of sp³-hybridized carbons (Fsp3) is 0.250. The molecule has 1 rings (SSSR count). The van der Waals surface area contributed by atoms with Gasteiger partial charge in [0.25, 0.3) is 0 Å². The Balaban J connectivity index is 0.00000144. The SMILES string of the molecule is CC1=CC(=O)/C(=C(/C)[O-])C(=O)O1.[Na+]. The van der Waals surface area contributed by atoms with Gasteiger partial charge in [-0.3, -0.25) is 4.79 Å². The van der Waals surface area contributed by atoms with Gasteiger partial charge in [-0.2, -0.15) is 0 Å². The van der Waals surface area contributed by atoms with Gasteiger partial charge in [0.2, 0.25) is 0 Å². The predicted molar refractivity (Wildman–Crippen MR) is 37.6 cm³/mol. The first-order chi connectivity index (χ1) is 5.52. The minimum Gasteiger partial charge on any atom is -0.875 e. The van der Waals surface area contributed by atoms with Gasteiger partial charge in [0.15, 0.2) is 5.78 Å². The van der Waals surface area contributed by atoms with E-state index >= 15 is 0 Å². The van der Waals surface area contributed by atoms with Gasteiger partial charge >= 0.3 is 35.5 Å². The molecule has 64 valence electrons. The van der Waals surface area contributed by atoms with Crippen molar-refractivity contribution >= 4 is 11.8 Å². The van der Waals surface area contributed by atoms with Crippen molar-refractivity contribution in [2.45, 2.75) is 13.8 Å². The molecule has 0 aromatic carbocycles. The molecule has 0 atom stereocenters. The Morgan fingerprint density at radius 2 is 2.00 bits per heavy atom. The summed E-state index contributed by atoms with van der Waals surface area (Å²) in [4.78, 5) is 21.9. The fourth-order valence-corrected chi connectivity index (χ4v) is 0.901. The van der Waals surface area contributed by atoms with Crippen LogP contribution in [0, 0.1) is 0 Å². The van der Waals surface area contributed by atoms with Crippen LogP contribution >= 0.6 is 0 Å². The van der Waals surface area contributed by atoms with Crippen molar-refractivity contribution in [1.29, 1.82) is 0 Å².